The molecule has 1 unspecified atom stereocenters. The fraction of sp³-hybridized carbons (Fsp3) is 0.273. The van der Waals surface area contributed by atoms with Crippen LogP contribution in [-0.4, -0.2) is 22.7 Å². The summed E-state index contributed by atoms with van der Waals surface area (Å²) >= 11 is 3.26. The van der Waals surface area contributed by atoms with Gasteiger partial charge in [-0.15, -0.1) is 11.3 Å². The van der Waals surface area contributed by atoms with Crippen molar-refractivity contribution in [3.05, 3.63) is 24.3 Å². The van der Waals surface area contributed by atoms with Crippen LogP contribution in [0.15, 0.2) is 28.6 Å². The molecule has 1 heterocycles. The lowest BCUT2D eigenvalue weighted by atomic mass is 10.2. The molecule has 2 rings (SSSR count). The lowest BCUT2D eigenvalue weighted by Crippen LogP contribution is -2.36. The molecule has 6 heteroatoms. The predicted octanol–water partition coefficient (Wildman–Crippen LogP) is 1.59. The summed E-state index contributed by atoms with van der Waals surface area (Å²) < 4.78 is 2.18. The van der Waals surface area contributed by atoms with Crippen LogP contribution >= 0.6 is 23.1 Å². The van der Waals surface area contributed by atoms with Gasteiger partial charge in [0.25, 0.3) is 0 Å². The van der Waals surface area contributed by atoms with E-state index < -0.39 is 11.9 Å². The molecular formula is C11H13N3OS2. The molecule has 4 nitrogen and oxygen atoms in total. The number of hydrogen-bond acceptors (Lipinski definition) is 5. The maximum absolute atomic E-state index is 10.8. The average Bonchev–Trinajstić information content (AvgIpc) is 2.71. The van der Waals surface area contributed by atoms with Gasteiger partial charge < -0.3 is 11.5 Å². The van der Waals surface area contributed by atoms with Gasteiger partial charge in [0.1, 0.15) is 0 Å². The number of nitrogens with two attached hydrogens (primary N) is 2. The highest BCUT2D eigenvalue weighted by atomic mass is 32.2. The molecule has 0 bridgehead atoms. The molecule has 0 saturated heterocycles. The number of hydrogen-bond donors (Lipinski definition) is 2. The zero-order chi connectivity index (χ0) is 12.3. The first-order valence-corrected chi connectivity index (χ1v) is 7.00. The summed E-state index contributed by atoms with van der Waals surface area (Å²) in [6, 6.07) is 7.45. The number of carbonyl (C=O) groups is 1. The SMILES string of the molecule is NC(=O)C(N)CCSc1nc2ccccc2s1. The highest BCUT2D eigenvalue weighted by molar-refractivity contribution is 8.01. The molecule has 1 aromatic carbocycles. The summed E-state index contributed by atoms with van der Waals surface area (Å²) in [4.78, 5) is 15.2. The molecule has 17 heavy (non-hydrogen) atoms. The van der Waals surface area contributed by atoms with Gasteiger partial charge in [0.2, 0.25) is 5.91 Å². The van der Waals surface area contributed by atoms with E-state index in [1.807, 2.05) is 24.3 Å². The number of thiazole rings is 1. The second-order valence-corrected chi connectivity index (χ2v) is 5.97. The van der Waals surface area contributed by atoms with E-state index in [0.717, 1.165) is 15.6 Å². The average molecular weight is 267 g/mol. The molecule has 4 N–H and O–H groups in total. The molecule has 1 amide bonds. The first kappa shape index (κ1) is 12.3. The van der Waals surface area contributed by atoms with Crippen molar-refractivity contribution in [2.24, 2.45) is 11.5 Å². The standard InChI is InChI=1S/C11H13N3OS2/c12-7(10(13)15)5-6-16-11-14-8-3-1-2-4-9(8)17-11/h1-4,7H,5-6,12H2,(H2,13,15). The number of primary amides is 1. The van der Waals surface area contributed by atoms with Gasteiger partial charge in [-0.2, -0.15) is 0 Å². The zero-order valence-corrected chi connectivity index (χ0v) is 10.8. The third-order valence-corrected chi connectivity index (χ3v) is 4.51. The Morgan fingerprint density at radius 2 is 2.24 bits per heavy atom. The number of thioether (sulfide) groups is 1. The van der Waals surface area contributed by atoms with Gasteiger partial charge >= 0.3 is 0 Å². The molecule has 1 atom stereocenters. The highest BCUT2D eigenvalue weighted by Gasteiger charge is 2.10. The number of rotatable bonds is 5. The van der Waals surface area contributed by atoms with Crippen LogP contribution in [0.4, 0.5) is 0 Å². The number of amides is 1. The third kappa shape index (κ3) is 3.18. The van der Waals surface area contributed by atoms with Crippen molar-refractivity contribution in [1.82, 2.24) is 4.98 Å². The molecule has 2 aromatic rings. The van der Waals surface area contributed by atoms with Gasteiger partial charge in [-0.25, -0.2) is 4.98 Å². The van der Waals surface area contributed by atoms with Gasteiger partial charge in [-0.05, 0) is 18.6 Å². The van der Waals surface area contributed by atoms with Crippen molar-refractivity contribution < 1.29 is 4.79 Å². The van der Waals surface area contributed by atoms with Gasteiger partial charge in [-0.3, -0.25) is 4.79 Å². The Bertz CT molecular complexity index is 493. The van der Waals surface area contributed by atoms with Crippen LogP contribution in [-0.2, 0) is 4.79 Å². The lowest BCUT2D eigenvalue weighted by molar-refractivity contribution is -0.119. The second kappa shape index (κ2) is 5.48. The van der Waals surface area contributed by atoms with Crippen LogP contribution in [0.2, 0.25) is 0 Å². The Hall–Kier alpha value is -1.11. The minimum Gasteiger partial charge on any atom is -0.368 e. The zero-order valence-electron chi connectivity index (χ0n) is 9.13. The molecule has 0 spiro atoms. The summed E-state index contributed by atoms with van der Waals surface area (Å²) in [5.74, 6) is 0.305. The Morgan fingerprint density at radius 1 is 1.47 bits per heavy atom. The molecule has 1 aromatic heterocycles. The number of carbonyl (C=O) groups excluding carboxylic acids is 1. The van der Waals surface area contributed by atoms with E-state index in [-0.39, 0.29) is 0 Å². The largest absolute Gasteiger partial charge is 0.368 e. The quantitative estimate of drug-likeness (QED) is 0.806. The number of aromatic nitrogens is 1. The smallest absolute Gasteiger partial charge is 0.234 e. The Kier molecular flexibility index (Phi) is 3.98. The fourth-order valence-electron chi connectivity index (χ4n) is 1.33. The van der Waals surface area contributed by atoms with Crippen LogP contribution in [0.25, 0.3) is 10.2 Å². The van der Waals surface area contributed by atoms with Crippen molar-refractivity contribution in [3.63, 3.8) is 0 Å². The van der Waals surface area contributed by atoms with Crippen LogP contribution in [0.3, 0.4) is 0 Å². The number of benzene rings is 1. The first-order chi connectivity index (χ1) is 8.16. The third-order valence-electron chi connectivity index (χ3n) is 2.29. The van der Waals surface area contributed by atoms with Crippen molar-refractivity contribution in [1.29, 1.82) is 0 Å². The molecule has 0 aliphatic rings. The first-order valence-electron chi connectivity index (χ1n) is 5.20. The second-order valence-electron chi connectivity index (χ2n) is 3.59. The Morgan fingerprint density at radius 3 is 2.94 bits per heavy atom. The Balaban J connectivity index is 1.93. The Labute approximate surface area is 107 Å². The van der Waals surface area contributed by atoms with Crippen LogP contribution in [0.5, 0.6) is 0 Å². The van der Waals surface area contributed by atoms with Crippen molar-refractivity contribution in [2.45, 2.75) is 16.8 Å². The van der Waals surface area contributed by atoms with E-state index in [9.17, 15) is 4.79 Å². The van der Waals surface area contributed by atoms with Gasteiger partial charge in [0, 0.05) is 5.75 Å². The van der Waals surface area contributed by atoms with E-state index in [1.165, 1.54) is 4.70 Å². The topological polar surface area (TPSA) is 82.0 Å². The monoisotopic (exact) mass is 267 g/mol. The highest BCUT2D eigenvalue weighted by Crippen LogP contribution is 2.29. The van der Waals surface area contributed by atoms with E-state index in [1.54, 1.807) is 23.1 Å². The molecule has 0 aliphatic heterocycles. The van der Waals surface area contributed by atoms with Gasteiger partial charge in [0.05, 0.1) is 16.3 Å². The van der Waals surface area contributed by atoms with Crippen molar-refractivity contribution in [3.8, 4) is 0 Å². The molecule has 0 fully saturated rings. The van der Waals surface area contributed by atoms with Crippen LogP contribution in [0, 0.1) is 0 Å². The summed E-state index contributed by atoms with van der Waals surface area (Å²) in [6.07, 6.45) is 0.579. The summed E-state index contributed by atoms with van der Waals surface area (Å²) in [5, 5.41) is 0. The lowest BCUT2D eigenvalue weighted by Gasteiger charge is -2.04. The normalized spacial score (nSPS) is 12.8. The van der Waals surface area contributed by atoms with E-state index in [4.69, 9.17) is 11.5 Å². The molecule has 90 valence electrons. The maximum Gasteiger partial charge on any atom is 0.234 e. The molecular weight excluding hydrogens is 254 g/mol. The van der Waals surface area contributed by atoms with Crippen molar-refractivity contribution in [2.75, 3.05) is 5.75 Å². The summed E-state index contributed by atoms with van der Waals surface area (Å²) in [6.45, 7) is 0. The summed E-state index contributed by atoms with van der Waals surface area (Å²) in [5.41, 5.74) is 11.7. The molecule has 0 radical (unpaired) electrons. The molecule has 0 aliphatic carbocycles. The van der Waals surface area contributed by atoms with Gasteiger partial charge in [-0.1, -0.05) is 23.9 Å². The van der Waals surface area contributed by atoms with E-state index in [2.05, 4.69) is 4.98 Å². The van der Waals surface area contributed by atoms with Gasteiger partial charge in [0.15, 0.2) is 4.34 Å². The minimum atomic E-state index is -0.558. The van der Waals surface area contributed by atoms with Crippen molar-refractivity contribution >= 4 is 39.2 Å². The fourth-order valence-corrected chi connectivity index (χ4v) is 3.49. The predicted molar refractivity (Wildman–Crippen MR) is 72.1 cm³/mol. The number of nitrogens with zero attached hydrogens (tertiary/aromatic N) is 1. The van der Waals surface area contributed by atoms with Crippen LogP contribution < -0.4 is 11.5 Å². The van der Waals surface area contributed by atoms with E-state index in [0.29, 0.717) is 6.42 Å². The van der Waals surface area contributed by atoms with E-state index >= 15 is 0 Å². The minimum absolute atomic E-state index is 0.449. The molecule has 0 saturated carbocycles. The number of para-hydroxylation sites is 1. The van der Waals surface area contributed by atoms with Crippen LogP contribution in [0.1, 0.15) is 6.42 Å². The number of fused-ring (bicyclic) bond motifs is 1. The summed E-state index contributed by atoms with van der Waals surface area (Å²) in [7, 11) is 0. The maximum atomic E-state index is 10.8.